The van der Waals surface area contributed by atoms with Crippen LogP contribution in [-0.4, -0.2) is 57.0 Å². The molecule has 0 aromatic carbocycles. The number of sulfone groups is 1. The molecule has 6 heteroatoms. The Kier molecular flexibility index (Phi) is 5.70. The van der Waals surface area contributed by atoms with Crippen molar-refractivity contribution in [1.82, 2.24) is 10.2 Å². The van der Waals surface area contributed by atoms with Gasteiger partial charge in [-0.1, -0.05) is 0 Å². The van der Waals surface area contributed by atoms with Gasteiger partial charge in [0.25, 0.3) is 0 Å². The molecule has 2 fully saturated rings. The normalized spacial score (nSPS) is 30.8. The third-order valence-electron chi connectivity index (χ3n) is 3.80. The molecule has 0 bridgehead atoms. The van der Waals surface area contributed by atoms with Gasteiger partial charge in [-0.3, -0.25) is 0 Å². The van der Waals surface area contributed by atoms with E-state index in [0.717, 1.165) is 38.6 Å². The van der Waals surface area contributed by atoms with Gasteiger partial charge in [-0.2, -0.15) is 0 Å². The number of halogens is 1. The van der Waals surface area contributed by atoms with Crippen LogP contribution in [-0.2, 0) is 9.84 Å². The van der Waals surface area contributed by atoms with Gasteiger partial charge in [0, 0.05) is 19.6 Å². The minimum absolute atomic E-state index is 0. The first-order valence-electron chi connectivity index (χ1n) is 6.22. The highest BCUT2D eigenvalue weighted by molar-refractivity contribution is 7.92. The first-order valence-corrected chi connectivity index (χ1v) is 7.94. The van der Waals surface area contributed by atoms with Crippen molar-refractivity contribution in [1.29, 1.82) is 0 Å². The average molecular weight is 283 g/mol. The third-order valence-corrected chi connectivity index (χ3v) is 5.92. The quantitative estimate of drug-likeness (QED) is 0.803. The Labute approximate surface area is 110 Å². The van der Waals surface area contributed by atoms with Crippen LogP contribution in [0.2, 0.25) is 0 Å². The second-order valence-corrected chi connectivity index (χ2v) is 7.67. The summed E-state index contributed by atoms with van der Waals surface area (Å²) < 4.78 is 23.2. The van der Waals surface area contributed by atoms with Crippen molar-refractivity contribution in [2.75, 3.05) is 38.5 Å². The highest BCUT2D eigenvalue weighted by Crippen LogP contribution is 2.17. The fourth-order valence-electron chi connectivity index (χ4n) is 2.62. The number of hydrogen-bond acceptors (Lipinski definition) is 4. The molecule has 2 aliphatic heterocycles. The molecule has 1 atom stereocenters. The van der Waals surface area contributed by atoms with Crippen LogP contribution < -0.4 is 5.32 Å². The van der Waals surface area contributed by atoms with Crippen molar-refractivity contribution in [2.24, 2.45) is 5.92 Å². The maximum absolute atomic E-state index is 11.6. The first-order chi connectivity index (χ1) is 7.58. The Morgan fingerprint density at radius 1 is 1.29 bits per heavy atom. The van der Waals surface area contributed by atoms with E-state index in [1.165, 1.54) is 12.8 Å². The van der Waals surface area contributed by atoms with Crippen LogP contribution in [0.1, 0.15) is 19.8 Å². The van der Waals surface area contributed by atoms with Crippen LogP contribution in [0.15, 0.2) is 0 Å². The smallest absolute Gasteiger partial charge is 0.155 e. The van der Waals surface area contributed by atoms with Crippen LogP contribution in [0.5, 0.6) is 0 Å². The molecule has 2 aliphatic rings. The maximum Gasteiger partial charge on any atom is 0.155 e. The summed E-state index contributed by atoms with van der Waals surface area (Å²) in [6, 6.07) is 0. The van der Waals surface area contributed by atoms with Gasteiger partial charge in [0.2, 0.25) is 0 Å². The van der Waals surface area contributed by atoms with Gasteiger partial charge < -0.3 is 10.2 Å². The highest BCUT2D eigenvalue weighted by atomic mass is 35.5. The van der Waals surface area contributed by atoms with Crippen LogP contribution in [0.25, 0.3) is 0 Å². The fourth-order valence-corrected chi connectivity index (χ4v) is 3.97. The van der Waals surface area contributed by atoms with Gasteiger partial charge in [0.1, 0.15) is 0 Å². The topological polar surface area (TPSA) is 49.4 Å². The number of piperidine rings is 1. The summed E-state index contributed by atoms with van der Waals surface area (Å²) in [4.78, 5) is 2.34. The van der Waals surface area contributed by atoms with Gasteiger partial charge in [-0.05, 0) is 38.8 Å². The molecule has 0 saturated carbocycles. The van der Waals surface area contributed by atoms with E-state index in [1.54, 1.807) is 0 Å². The lowest BCUT2D eigenvalue weighted by Crippen LogP contribution is -2.48. The molecule has 0 spiro atoms. The number of hydrogen-bond donors (Lipinski definition) is 1. The molecule has 0 radical (unpaired) electrons. The van der Waals surface area contributed by atoms with Crippen molar-refractivity contribution in [3.8, 4) is 0 Å². The van der Waals surface area contributed by atoms with Gasteiger partial charge in [0.15, 0.2) is 9.84 Å². The maximum atomic E-state index is 11.6. The number of rotatable bonds is 2. The third kappa shape index (κ3) is 4.09. The summed E-state index contributed by atoms with van der Waals surface area (Å²) in [5.74, 6) is 1.10. The molecular weight excluding hydrogens is 260 g/mol. The van der Waals surface area contributed by atoms with Gasteiger partial charge in [-0.25, -0.2) is 8.42 Å². The van der Waals surface area contributed by atoms with Crippen LogP contribution in [0.4, 0.5) is 0 Å². The van der Waals surface area contributed by atoms with Crippen molar-refractivity contribution in [3.05, 3.63) is 0 Å². The van der Waals surface area contributed by atoms with Gasteiger partial charge in [0.05, 0.1) is 11.0 Å². The first kappa shape index (κ1) is 15.2. The van der Waals surface area contributed by atoms with Gasteiger partial charge in [-0.15, -0.1) is 12.4 Å². The minimum Gasteiger partial charge on any atom is -0.317 e. The van der Waals surface area contributed by atoms with E-state index in [0.29, 0.717) is 5.75 Å². The molecule has 17 heavy (non-hydrogen) atoms. The van der Waals surface area contributed by atoms with E-state index < -0.39 is 9.84 Å². The van der Waals surface area contributed by atoms with E-state index in [1.807, 2.05) is 6.92 Å². The van der Waals surface area contributed by atoms with Crippen LogP contribution in [0.3, 0.4) is 0 Å². The van der Waals surface area contributed by atoms with E-state index >= 15 is 0 Å². The lowest BCUT2D eigenvalue weighted by Gasteiger charge is -2.34. The Bertz CT molecular complexity index is 328. The zero-order valence-corrected chi connectivity index (χ0v) is 12.0. The monoisotopic (exact) mass is 282 g/mol. The van der Waals surface area contributed by atoms with E-state index in [-0.39, 0.29) is 17.7 Å². The summed E-state index contributed by atoms with van der Waals surface area (Å²) in [5, 5.41) is 3.18. The summed E-state index contributed by atoms with van der Waals surface area (Å²) >= 11 is 0. The molecule has 1 N–H and O–H groups in total. The van der Waals surface area contributed by atoms with Crippen LogP contribution in [0, 0.1) is 5.92 Å². The highest BCUT2D eigenvalue weighted by Gasteiger charge is 2.30. The predicted octanol–water partition coefficient (Wildman–Crippen LogP) is 0.527. The standard InChI is InChI=1S/C11H22N2O2S.ClH/c1-10-8-13(6-7-16(10,14)15)9-11-2-4-12-5-3-11;/h10-12H,2-9H2,1H3;1H. The van der Waals surface area contributed by atoms with Crippen molar-refractivity contribution < 1.29 is 8.42 Å². The molecule has 4 nitrogen and oxygen atoms in total. The molecular formula is C11H23ClN2O2S. The summed E-state index contributed by atoms with van der Waals surface area (Å²) in [5.41, 5.74) is 0. The van der Waals surface area contributed by atoms with Crippen molar-refractivity contribution in [2.45, 2.75) is 25.0 Å². The average Bonchev–Trinajstić information content (AvgIpc) is 2.26. The largest absolute Gasteiger partial charge is 0.317 e. The second-order valence-electron chi connectivity index (χ2n) is 5.13. The molecule has 2 heterocycles. The lowest BCUT2D eigenvalue weighted by molar-refractivity contribution is 0.208. The Balaban J connectivity index is 0.00000144. The van der Waals surface area contributed by atoms with Crippen molar-refractivity contribution >= 4 is 22.2 Å². The van der Waals surface area contributed by atoms with E-state index in [2.05, 4.69) is 10.2 Å². The second kappa shape index (κ2) is 6.36. The van der Waals surface area contributed by atoms with Gasteiger partial charge >= 0.3 is 0 Å². The Morgan fingerprint density at radius 3 is 2.53 bits per heavy atom. The molecule has 102 valence electrons. The summed E-state index contributed by atoms with van der Waals surface area (Å²) in [6.07, 6.45) is 2.47. The molecule has 0 aliphatic carbocycles. The summed E-state index contributed by atoms with van der Waals surface area (Å²) in [7, 11) is -2.79. The van der Waals surface area contributed by atoms with E-state index in [9.17, 15) is 8.42 Å². The molecule has 2 saturated heterocycles. The molecule has 1 unspecified atom stereocenters. The predicted molar refractivity (Wildman–Crippen MR) is 72.5 cm³/mol. The molecule has 2 rings (SSSR count). The Morgan fingerprint density at radius 2 is 1.94 bits per heavy atom. The number of nitrogens with one attached hydrogen (secondary N) is 1. The molecule has 0 aromatic rings. The molecule has 0 amide bonds. The Hall–Kier alpha value is 0.160. The molecule has 0 aromatic heterocycles. The minimum atomic E-state index is -2.79. The van der Waals surface area contributed by atoms with E-state index in [4.69, 9.17) is 0 Å². The SMILES string of the molecule is CC1CN(CC2CCNCC2)CCS1(=O)=O.Cl. The zero-order chi connectivity index (χ0) is 11.6. The number of nitrogens with zero attached hydrogens (tertiary/aromatic N) is 1. The lowest BCUT2D eigenvalue weighted by atomic mass is 9.97. The summed E-state index contributed by atoms with van der Waals surface area (Å²) in [6.45, 7) is 6.62. The fraction of sp³-hybridized carbons (Fsp3) is 1.00. The zero-order valence-electron chi connectivity index (χ0n) is 10.4. The van der Waals surface area contributed by atoms with Crippen LogP contribution >= 0.6 is 12.4 Å². The van der Waals surface area contributed by atoms with Crippen molar-refractivity contribution in [3.63, 3.8) is 0 Å².